The van der Waals surface area contributed by atoms with Crippen LogP contribution in [-0.4, -0.2) is 28.8 Å². The van der Waals surface area contributed by atoms with Crippen molar-refractivity contribution in [2.24, 2.45) is 0 Å². The van der Waals surface area contributed by atoms with Crippen LogP contribution in [0.2, 0.25) is 0 Å². The molecule has 0 atom stereocenters. The van der Waals surface area contributed by atoms with Crippen molar-refractivity contribution in [3.8, 4) is 0 Å². The number of nitrogens with one attached hydrogen (secondary N) is 2. The molecular weight excluding hydrogens is 264 g/mol. The third-order valence-electron chi connectivity index (χ3n) is 3.06. The Morgan fingerprint density at radius 3 is 2.81 bits per heavy atom. The van der Waals surface area contributed by atoms with Crippen LogP contribution in [0.3, 0.4) is 0 Å². The van der Waals surface area contributed by atoms with Gasteiger partial charge in [0, 0.05) is 24.8 Å². The molecule has 1 aromatic heterocycles. The van der Waals surface area contributed by atoms with E-state index >= 15 is 0 Å². The maximum atomic E-state index is 11.4. The van der Waals surface area contributed by atoms with Gasteiger partial charge in [0.05, 0.1) is 19.3 Å². The number of nitrogens with zero attached hydrogens (tertiary/aromatic N) is 2. The highest BCUT2D eigenvalue weighted by Crippen LogP contribution is 2.03. The molecule has 0 saturated carbocycles. The summed E-state index contributed by atoms with van der Waals surface area (Å²) in [4.78, 5) is 11.4. The number of hydrogen-bond donors (Lipinski definition) is 2. The van der Waals surface area contributed by atoms with Gasteiger partial charge >= 0.3 is 0 Å². The van der Waals surface area contributed by atoms with Gasteiger partial charge in [-0.3, -0.25) is 9.48 Å². The van der Waals surface area contributed by atoms with Crippen molar-refractivity contribution in [3.63, 3.8) is 0 Å². The average Bonchev–Trinajstić information content (AvgIpc) is 2.93. The number of hydrogen-bond acceptors (Lipinski definition) is 3. The number of amides is 1. The molecule has 0 aliphatic carbocycles. The third-order valence-corrected chi connectivity index (χ3v) is 3.06. The molecule has 2 N–H and O–H groups in total. The van der Waals surface area contributed by atoms with Gasteiger partial charge in [-0.15, -0.1) is 0 Å². The zero-order valence-corrected chi connectivity index (χ0v) is 12.4. The Labute approximate surface area is 125 Å². The van der Waals surface area contributed by atoms with Crippen molar-refractivity contribution in [3.05, 3.63) is 53.9 Å². The van der Waals surface area contributed by atoms with Crippen LogP contribution in [0.25, 0.3) is 0 Å². The van der Waals surface area contributed by atoms with Crippen LogP contribution in [0.15, 0.2) is 42.7 Å². The Morgan fingerprint density at radius 2 is 2.05 bits per heavy atom. The molecule has 0 aliphatic heterocycles. The molecule has 5 heteroatoms. The molecule has 0 aliphatic rings. The number of carbonyl (C=O) groups is 1. The van der Waals surface area contributed by atoms with Crippen LogP contribution < -0.4 is 10.6 Å². The van der Waals surface area contributed by atoms with E-state index in [9.17, 15) is 4.79 Å². The zero-order valence-electron chi connectivity index (χ0n) is 12.4. The van der Waals surface area contributed by atoms with Gasteiger partial charge in [0.1, 0.15) is 0 Å². The smallest absolute Gasteiger partial charge is 0.233 e. The van der Waals surface area contributed by atoms with Gasteiger partial charge in [-0.05, 0) is 12.0 Å². The largest absolute Gasteiger partial charge is 0.355 e. The minimum Gasteiger partial charge on any atom is -0.355 e. The molecule has 0 saturated heterocycles. The molecule has 2 aromatic rings. The number of carbonyl (C=O) groups excluding carboxylic acids is 1. The predicted molar refractivity (Wildman–Crippen MR) is 82.8 cm³/mol. The van der Waals surface area contributed by atoms with Crippen LogP contribution in [0.4, 0.5) is 0 Å². The van der Waals surface area contributed by atoms with E-state index < -0.39 is 0 Å². The molecule has 0 bridgehead atoms. The fourth-order valence-corrected chi connectivity index (χ4v) is 2.00. The van der Waals surface area contributed by atoms with Crippen molar-refractivity contribution >= 4 is 5.91 Å². The molecular formula is C16H22N4O. The fourth-order valence-electron chi connectivity index (χ4n) is 2.00. The SMILES string of the molecule is CCCNC(=O)CNCc1cnn(Cc2ccccc2)c1. The Kier molecular flexibility index (Phi) is 5.97. The molecule has 0 fully saturated rings. The summed E-state index contributed by atoms with van der Waals surface area (Å²) in [6, 6.07) is 10.2. The lowest BCUT2D eigenvalue weighted by atomic mass is 10.2. The second kappa shape index (κ2) is 8.21. The molecule has 5 nitrogen and oxygen atoms in total. The van der Waals surface area contributed by atoms with E-state index in [0.717, 1.165) is 25.1 Å². The normalized spacial score (nSPS) is 10.5. The monoisotopic (exact) mass is 286 g/mol. The Balaban J connectivity index is 1.74. The number of aromatic nitrogens is 2. The minimum absolute atomic E-state index is 0.0357. The van der Waals surface area contributed by atoms with E-state index in [2.05, 4.69) is 27.9 Å². The fraction of sp³-hybridized carbons (Fsp3) is 0.375. The van der Waals surface area contributed by atoms with E-state index in [1.54, 1.807) is 0 Å². The van der Waals surface area contributed by atoms with Crippen LogP contribution in [0.5, 0.6) is 0 Å². The summed E-state index contributed by atoms with van der Waals surface area (Å²) >= 11 is 0. The summed E-state index contributed by atoms with van der Waals surface area (Å²) in [5.74, 6) is 0.0357. The van der Waals surface area contributed by atoms with Gasteiger partial charge < -0.3 is 10.6 Å². The first-order chi connectivity index (χ1) is 10.3. The highest BCUT2D eigenvalue weighted by molar-refractivity contribution is 5.77. The van der Waals surface area contributed by atoms with Crippen LogP contribution in [0.1, 0.15) is 24.5 Å². The number of benzene rings is 1. The second-order valence-electron chi connectivity index (χ2n) is 4.99. The van der Waals surface area contributed by atoms with E-state index in [-0.39, 0.29) is 5.91 Å². The molecule has 1 heterocycles. The molecule has 0 spiro atoms. The van der Waals surface area contributed by atoms with Gasteiger partial charge in [0.2, 0.25) is 5.91 Å². The average molecular weight is 286 g/mol. The number of rotatable bonds is 8. The summed E-state index contributed by atoms with van der Waals surface area (Å²) in [6.07, 6.45) is 4.79. The van der Waals surface area contributed by atoms with E-state index in [4.69, 9.17) is 0 Å². The van der Waals surface area contributed by atoms with Crippen LogP contribution in [-0.2, 0) is 17.9 Å². The summed E-state index contributed by atoms with van der Waals surface area (Å²) in [5.41, 5.74) is 2.30. The van der Waals surface area contributed by atoms with Gasteiger partial charge in [0.15, 0.2) is 0 Å². The van der Waals surface area contributed by atoms with Crippen molar-refractivity contribution in [2.45, 2.75) is 26.4 Å². The standard InChI is InChI=1S/C16H22N4O/c1-2-8-18-16(21)11-17-9-15-10-19-20(13-15)12-14-6-4-3-5-7-14/h3-7,10,13,17H,2,8-9,11-12H2,1H3,(H,18,21). The molecule has 112 valence electrons. The van der Waals surface area contributed by atoms with Crippen molar-refractivity contribution < 1.29 is 4.79 Å². The highest BCUT2D eigenvalue weighted by atomic mass is 16.1. The highest BCUT2D eigenvalue weighted by Gasteiger charge is 2.02. The molecule has 0 radical (unpaired) electrons. The molecule has 0 unspecified atom stereocenters. The van der Waals surface area contributed by atoms with Crippen molar-refractivity contribution in [1.82, 2.24) is 20.4 Å². The predicted octanol–water partition coefficient (Wildman–Crippen LogP) is 1.55. The van der Waals surface area contributed by atoms with Gasteiger partial charge in [-0.1, -0.05) is 37.3 Å². The Morgan fingerprint density at radius 1 is 1.24 bits per heavy atom. The first kappa shape index (κ1) is 15.3. The van der Waals surface area contributed by atoms with E-state index in [1.165, 1.54) is 5.56 Å². The summed E-state index contributed by atoms with van der Waals surface area (Å²) in [5, 5.41) is 10.3. The first-order valence-electron chi connectivity index (χ1n) is 7.30. The Hall–Kier alpha value is -2.14. The van der Waals surface area contributed by atoms with Gasteiger partial charge in [-0.25, -0.2) is 0 Å². The lowest BCUT2D eigenvalue weighted by Gasteiger charge is -2.04. The second-order valence-corrected chi connectivity index (χ2v) is 4.99. The van der Waals surface area contributed by atoms with Crippen LogP contribution in [0, 0.1) is 0 Å². The topological polar surface area (TPSA) is 59.0 Å². The zero-order chi connectivity index (χ0) is 14.9. The van der Waals surface area contributed by atoms with Crippen molar-refractivity contribution in [1.29, 1.82) is 0 Å². The molecule has 1 aromatic carbocycles. The Bertz CT molecular complexity index is 550. The molecule has 21 heavy (non-hydrogen) atoms. The van der Waals surface area contributed by atoms with Crippen molar-refractivity contribution in [2.75, 3.05) is 13.1 Å². The summed E-state index contributed by atoms with van der Waals surface area (Å²) in [6.45, 7) is 4.51. The van der Waals surface area contributed by atoms with E-state index in [1.807, 2.05) is 42.2 Å². The third kappa shape index (κ3) is 5.39. The summed E-state index contributed by atoms with van der Waals surface area (Å²) < 4.78 is 1.91. The molecule has 2 rings (SSSR count). The lowest BCUT2D eigenvalue weighted by Crippen LogP contribution is -2.33. The minimum atomic E-state index is 0.0357. The maximum absolute atomic E-state index is 11.4. The maximum Gasteiger partial charge on any atom is 0.233 e. The lowest BCUT2D eigenvalue weighted by molar-refractivity contribution is -0.120. The van der Waals surface area contributed by atoms with Gasteiger partial charge in [0.25, 0.3) is 0 Å². The molecule has 1 amide bonds. The first-order valence-corrected chi connectivity index (χ1v) is 7.30. The van der Waals surface area contributed by atoms with E-state index in [0.29, 0.717) is 13.1 Å². The van der Waals surface area contributed by atoms with Gasteiger partial charge in [-0.2, -0.15) is 5.10 Å². The quantitative estimate of drug-likeness (QED) is 0.774. The van der Waals surface area contributed by atoms with Crippen LogP contribution >= 0.6 is 0 Å². The summed E-state index contributed by atoms with van der Waals surface area (Å²) in [7, 11) is 0.